The van der Waals surface area contributed by atoms with Gasteiger partial charge in [-0.1, -0.05) is 23.8 Å². The summed E-state index contributed by atoms with van der Waals surface area (Å²) >= 11 is 0. The maximum absolute atomic E-state index is 13.1. The van der Waals surface area contributed by atoms with Crippen molar-refractivity contribution in [1.29, 1.82) is 0 Å². The van der Waals surface area contributed by atoms with E-state index in [9.17, 15) is 13.2 Å². The Bertz CT molecular complexity index is 777. The van der Waals surface area contributed by atoms with Gasteiger partial charge in [0, 0.05) is 31.7 Å². The van der Waals surface area contributed by atoms with E-state index in [-0.39, 0.29) is 6.04 Å². The van der Waals surface area contributed by atoms with Crippen LogP contribution in [0.4, 0.5) is 18.9 Å². The molecule has 0 bridgehead atoms. The summed E-state index contributed by atoms with van der Waals surface area (Å²) in [6, 6.07) is 5.54. The standard InChI is InChI=1S/C18H24F3N5.C3H6/c1-12-5-6-16-15(11-12)13(2)26(23-14(3)18(19,20)21)17(22-16)25-9-7-24(4)8-10-25;1-3-2/h5-6,11,13H,7-10H2,1-4H3;3H,1H2,2H3/b23-14+;. The summed E-state index contributed by atoms with van der Waals surface area (Å²) in [7, 11) is 2.03. The molecule has 1 aromatic carbocycles. The van der Waals surface area contributed by atoms with Crippen molar-refractivity contribution < 1.29 is 13.2 Å². The van der Waals surface area contributed by atoms with Crippen LogP contribution in [0.5, 0.6) is 0 Å². The number of hydrogen-bond acceptors (Lipinski definition) is 5. The van der Waals surface area contributed by atoms with E-state index >= 15 is 0 Å². The van der Waals surface area contributed by atoms with Gasteiger partial charge in [-0.15, -0.1) is 6.58 Å². The molecule has 1 unspecified atom stereocenters. The van der Waals surface area contributed by atoms with Crippen LogP contribution in [0.2, 0.25) is 0 Å². The molecule has 29 heavy (non-hydrogen) atoms. The minimum atomic E-state index is -4.46. The number of nitrogens with zero attached hydrogens (tertiary/aromatic N) is 5. The van der Waals surface area contributed by atoms with Gasteiger partial charge in [-0.2, -0.15) is 18.3 Å². The molecule has 0 saturated carbocycles. The Balaban J connectivity index is 0.000000941. The summed E-state index contributed by atoms with van der Waals surface area (Å²) in [5, 5.41) is 5.36. The van der Waals surface area contributed by atoms with Crippen molar-refractivity contribution in [3.05, 3.63) is 42.0 Å². The number of alkyl halides is 3. The molecule has 8 heteroatoms. The van der Waals surface area contributed by atoms with E-state index in [1.165, 1.54) is 5.01 Å². The number of aliphatic imine (C=N–C) groups is 1. The van der Waals surface area contributed by atoms with E-state index in [4.69, 9.17) is 0 Å². The number of allylic oxidation sites excluding steroid dienone is 1. The smallest absolute Gasteiger partial charge is 0.338 e. The molecule has 1 aromatic rings. The molecule has 2 heterocycles. The molecular formula is C21H30F3N5. The zero-order valence-electron chi connectivity index (χ0n) is 17.8. The number of rotatable bonds is 1. The number of guanidine groups is 1. The van der Waals surface area contributed by atoms with Crippen molar-refractivity contribution in [3.63, 3.8) is 0 Å². The first kappa shape index (κ1) is 22.9. The number of likely N-dealkylation sites (N-methyl/N-ethyl adjacent to an activating group) is 1. The Morgan fingerprint density at radius 3 is 2.38 bits per heavy atom. The molecule has 1 fully saturated rings. The second kappa shape index (κ2) is 9.43. The van der Waals surface area contributed by atoms with Crippen LogP contribution in [0, 0.1) is 6.92 Å². The van der Waals surface area contributed by atoms with Crippen LogP contribution in [-0.4, -0.2) is 65.9 Å². The van der Waals surface area contributed by atoms with Crippen LogP contribution in [0.15, 0.2) is 40.9 Å². The molecule has 1 saturated heterocycles. The first-order valence-electron chi connectivity index (χ1n) is 9.69. The van der Waals surface area contributed by atoms with Crippen molar-refractivity contribution in [3.8, 4) is 0 Å². The Morgan fingerprint density at radius 1 is 1.24 bits per heavy atom. The van der Waals surface area contributed by atoms with Crippen LogP contribution >= 0.6 is 0 Å². The molecule has 1 atom stereocenters. The normalized spacial score (nSPS) is 20.5. The summed E-state index contributed by atoms with van der Waals surface area (Å²) < 4.78 is 39.3. The summed E-state index contributed by atoms with van der Waals surface area (Å²) in [6.45, 7) is 13.2. The quantitative estimate of drug-likeness (QED) is 0.496. The van der Waals surface area contributed by atoms with Gasteiger partial charge in [-0.05, 0) is 40.8 Å². The second-order valence-corrected chi connectivity index (χ2v) is 7.38. The lowest BCUT2D eigenvalue weighted by Gasteiger charge is -2.41. The van der Waals surface area contributed by atoms with E-state index in [0.717, 1.165) is 36.8 Å². The van der Waals surface area contributed by atoms with Crippen LogP contribution in [-0.2, 0) is 0 Å². The van der Waals surface area contributed by atoms with Gasteiger partial charge in [0.25, 0.3) is 0 Å². The summed E-state index contributed by atoms with van der Waals surface area (Å²) in [5.41, 5.74) is 1.86. The average molecular weight is 410 g/mol. The van der Waals surface area contributed by atoms with E-state index in [2.05, 4.69) is 21.6 Å². The fourth-order valence-electron chi connectivity index (χ4n) is 3.15. The van der Waals surface area contributed by atoms with Crippen LogP contribution in [0.25, 0.3) is 0 Å². The van der Waals surface area contributed by atoms with Gasteiger partial charge < -0.3 is 9.80 Å². The summed E-state index contributed by atoms with van der Waals surface area (Å²) in [5.74, 6) is 0.491. The van der Waals surface area contributed by atoms with Crippen molar-refractivity contribution >= 4 is 17.4 Å². The number of hydrazone groups is 1. The predicted octanol–water partition coefficient (Wildman–Crippen LogP) is 4.74. The van der Waals surface area contributed by atoms with Crippen molar-refractivity contribution in [2.24, 2.45) is 10.1 Å². The third kappa shape index (κ3) is 5.59. The van der Waals surface area contributed by atoms with Gasteiger partial charge in [0.2, 0.25) is 5.96 Å². The van der Waals surface area contributed by atoms with Gasteiger partial charge in [0.15, 0.2) is 0 Å². The molecule has 160 valence electrons. The number of piperazine rings is 1. The highest BCUT2D eigenvalue weighted by atomic mass is 19.4. The number of halogens is 3. The van der Waals surface area contributed by atoms with Gasteiger partial charge in [-0.25, -0.2) is 10.0 Å². The number of benzene rings is 1. The minimum absolute atomic E-state index is 0.325. The van der Waals surface area contributed by atoms with Crippen LogP contribution < -0.4 is 0 Å². The topological polar surface area (TPSA) is 34.4 Å². The highest BCUT2D eigenvalue weighted by molar-refractivity contribution is 5.91. The zero-order chi connectivity index (χ0) is 21.8. The molecule has 5 nitrogen and oxygen atoms in total. The summed E-state index contributed by atoms with van der Waals surface area (Å²) in [6.07, 6.45) is -2.71. The minimum Gasteiger partial charge on any atom is -0.338 e. The predicted molar refractivity (Wildman–Crippen MR) is 113 cm³/mol. The van der Waals surface area contributed by atoms with E-state index < -0.39 is 11.9 Å². The van der Waals surface area contributed by atoms with E-state index in [1.807, 2.05) is 50.9 Å². The van der Waals surface area contributed by atoms with Gasteiger partial charge >= 0.3 is 6.18 Å². The first-order valence-corrected chi connectivity index (χ1v) is 9.69. The molecule has 3 rings (SSSR count). The fourth-order valence-corrected chi connectivity index (χ4v) is 3.15. The van der Waals surface area contributed by atoms with Gasteiger partial charge in [-0.3, -0.25) is 0 Å². The molecule has 0 N–H and O–H groups in total. The van der Waals surface area contributed by atoms with Crippen molar-refractivity contribution in [1.82, 2.24) is 14.8 Å². The molecule has 0 aliphatic carbocycles. The molecule has 0 amide bonds. The SMILES string of the molecule is C/C(=N\N1C(N2CCN(C)CC2)=Nc2ccc(C)cc2C1C)C(F)(F)F.C=CC. The molecule has 2 aliphatic heterocycles. The van der Waals surface area contributed by atoms with Gasteiger partial charge in [0.1, 0.15) is 5.71 Å². The highest BCUT2D eigenvalue weighted by Gasteiger charge is 2.36. The monoisotopic (exact) mass is 409 g/mol. The molecule has 0 radical (unpaired) electrons. The molecule has 0 spiro atoms. The van der Waals surface area contributed by atoms with Crippen LogP contribution in [0.1, 0.15) is 37.9 Å². The third-order valence-electron chi connectivity index (χ3n) is 4.88. The lowest BCUT2D eigenvalue weighted by atomic mass is 10.0. The largest absolute Gasteiger partial charge is 0.430 e. The lowest BCUT2D eigenvalue weighted by Crippen LogP contribution is -2.52. The zero-order valence-corrected chi connectivity index (χ0v) is 17.8. The number of hydrogen-bond donors (Lipinski definition) is 0. The van der Waals surface area contributed by atoms with Crippen LogP contribution in [0.3, 0.4) is 0 Å². The Kier molecular flexibility index (Phi) is 7.46. The fraction of sp³-hybridized carbons (Fsp3) is 0.524. The maximum atomic E-state index is 13.1. The number of fused-ring (bicyclic) bond motifs is 1. The van der Waals surface area contributed by atoms with Crippen molar-refractivity contribution in [2.45, 2.75) is 39.9 Å². The maximum Gasteiger partial charge on any atom is 0.430 e. The Labute approximate surface area is 171 Å². The van der Waals surface area contributed by atoms with Gasteiger partial charge in [0.05, 0.1) is 11.7 Å². The number of aryl methyl sites for hydroxylation is 1. The third-order valence-corrected chi connectivity index (χ3v) is 4.88. The van der Waals surface area contributed by atoms with Crippen molar-refractivity contribution in [2.75, 3.05) is 33.2 Å². The summed E-state index contributed by atoms with van der Waals surface area (Å²) in [4.78, 5) is 8.89. The van der Waals surface area contributed by atoms with E-state index in [0.29, 0.717) is 19.0 Å². The molecule has 2 aliphatic rings. The van der Waals surface area contributed by atoms with E-state index in [1.54, 1.807) is 6.08 Å². The Hall–Kier alpha value is -2.35. The lowest BCUT2D eigenvalue weighted by molar-refractivity contribution is -0.0605. The first-order chi connectivity index (χ1) is 13.6. The highest BCUT2D eigenvalue weighted by Crippen LogP contribution is 2.37. The Morgan fingerprint density at radius 2 is 1.83 bits per heavy atom. The average Bonchev–Trinajstić information content (AvgIpc) is 2.65. The molecular weight excluding hydrogens is 379 g/mol. The molecule has 0 aromatic heterocycles. The second-order valence-electron chi connectivity index (χ2n) is 7.38.